The van der Waals surface area contributed by atoms with E-state index in [4.69, 9.17) is 4.74 Å². The Balaban J connectivity index is 1.54. The lowest BCUT2D eigenvalue weighted by Gasteiger charge is -2.26. The summed E-state index contributed by atoms with van der Waals surface area (Å²) >= 11 is 0. The number of nitrogens with one attached hydrogen (secondary N) is 1. The maximum Gasteiger partial charge on any atom is 0.220 e. The van der Waals surface area contributed by atoms with Gasteiger partial charge in [-0.1, -0.05) is 12.1 Å². The standard InChI is InChI=1S/C18H27NO3/c1-14-5-4-6-17(13-14)22-12-3-2-7-18(21)19-15-8-10-16(20)11-9-15/h4-6,13,15-16,20H,2-3,7-12H2,1H3,(H,19,21). The molecule has 1 amide bonds. The van der Waals surface area contributed by atoms with E-state index in [0.717, 1.165) is 44.3 Å². The van der Waals surface area contributed by atoms with Gasteiger partial charge in [0.15, 0.2) is 0 Å². The summed E-state index contributed by atoms with van der Waals surface area (Å²) in [6.07, 6.45) is 5.48. The molecular formula is C18H27NO3. The maximum absolute atomic E-state index is 11.9. The summed E-state index contributed by atoms with van der Waals surface area (Å²) in [6, 6.07) is 8.25. The van der Waals surface area contributed by atoms with Crippen LogP contribution < -0.4 is 10.1 Å². The molecule has 0 bridgehead atoms. The monoisotopic (exact) mass is 305 g/mol. The topological polar surface area (TPSA) is 58.6 Å². The molecular weight excluding hydrogens is 278 g/mol. The number of ether oxygens (including phenoxy) is 1. The molecule has 0 aliphatic heterocycles. The van der Waals surface area contributed by atoms with E-state index in [2.05, 4.69) is 5.32 Å². The Morgan fingerprint density at radius 2 is 2.05 bits per heavy atom. The Bertz CT molecular complexity index is 467. The Morgan fingerprint density at radius 3 is 2.77 bits per heavy atom. The second-order valence-corrected chi connectivity index (χ2v) is 6.20. The quantitative estimate of drug-likeness (QED) is 0.761. The van der Waals surface area contributed by atoms with Crippen molar-refractivity contribution in [3.8, 4) is 5.75 Å². The fraction of sp³-hybridized carbons (Fsp3) is 0.611. The van der Waals surface area contributed by atoms with Crippen LogP contribution in [0.25, 0.3) is 0 Å². The van der Waals surface area contributed by atoms with Crippen LogP contribution >= 0.6 is 0 Å². The first kappa shape index (κ1) is 16.8. The van der Waals surface area contributed by atoms with Crippen molar-refractivity contribution in [1.82, 2.24) is 5.32 Å². The van der Waals surface area contributed by atoms with Crippen molar-refractivity contribution >= 4 is 5.91 Å². The molecule has 0 heterocycles. The molecule has 0 unspecified atom stereocenters. The third-order valence-corrected chi connectivity index (χ3v) is 4.12. The van der Waals surface area contributed by atoms with E-state index in [1.807, 2.05) is 31.2 Å². The van der Waals surface area contributed by atoms with Crippen molar-refractivity contribution in [2.24, 2.45) is 0 Å². The van der Waals surface area contributed by atoms with Crippen LogP contribution in [0.15, 0.2) is 24.3 Å². The number of hydrogen-bond donors (Lipinski definition) is 2. The third kappa shape index (κ3) is 6.06. The molecule has 0 radical (unpaired) electrons. The van der Waals surface area contributed by atoms with Crippen molar-refractivity contribution in [2.75, 3.05) is 6.61 Å². The van der Waals surface area contributed by atoms with E-state index < -0.39 is 0 Å². The van der Waals surface area contributed by atoms with Gasteiger partial charge in [-0.05, 0) is 63.1 Å². The van der Waals surface area contributed by atoms with Gasteiger partial charge in [0.25, 0.3) is 0 Å². The molecule has 1 aliphatic carbocycles. The molecule has 122 valence electrons. The smallest absolute Gasteiger partial charge is 0.220 e. The summed E-state index contributed by atoms with van der Waals surface area (Å²) in [6.45, 7) is 2.69. The molecule has 0 atom stereocenters. The number of amides is 1. The van der Waals surface area contributed by atoms with Gasteiger partial charge in [-0.25, -0.2) is 0 Å². The van der Waals surface area contributed by atoms with Crippen molar-refractivity contribution in [3.63, 3.8) is 0 Å². The summed E-state index contributed by atoms with van der Waals surface area (Å²) in [4.78, 5) is 11.9. The predicted molar refractivity (Wildman–Crippen MR) is 86.9 cm³/mol. The number of carbonyl (C=O) groups excluding carboxylic acids is 1. The van der Waals surface area contributed by atoms with Crippen LogP contribution in [0, 0.1) is 6.92 Å². The van der Waals surface area contributed by atoms with Gasteiger partial charge in [-0.15, -0.1) is 0 Å². The molecule has 2 N–H and O–H groups in total. The van der Waals surface area contributed by atoms with Gasteiger partial charge in [-0.2, -0.15) is 0 Å². The summed E-state index contributed by atoms with van der Waals surface area (Å²) < 4.78 is 5.67. The van der Waals surface area contributed by atoms with Crippen molar-refractivity contribution in [1.29, 1.82) is 0 Å². The lowest BCUT2D eigenvalue weighted by molar-refractivity contribution is -0.122. The summed E-state index contributed by atoms with van der Waals surface area (Å²) in [5.41, 5.74) is 1.19. The van der Waals surface area contributed by atoms with Crippen LogP contribution in [0.1, 0.15) is 50.5 Å². The van der Waals surface area contributed by atoms with Gasteiger partial charge in [0.05, 0.1) is 12.7 Å². The lowest BCUT2D eigenvalue weighted by atomic mass is 9.93. The van der Waals surface area contributed by atoms with E-state index in [-0.39, 0.29) is 18.1 Å². The number of aliphatic hydroxyl groups is 1. The summed E-state index contributed by atoms with van der Waals surface area (Å²) in [7, 11) is 0. The molecule has 1 fully saturated rings. The third-order valence-electron chi connectivity index (χ3n) is 4.12. The van der Waals surface area contributed by atoms with E-state index in [1.54, 1.807) is 0 Å². The molecule has 22 heavy (non-hydrogen) atoms. The zero-order chi connectivity index (χ0) is 15.8. The molecule has 2 rings (SSSR count). The second kappa shape index (κ2) is 8.79. The number of benzene rings is 1. The molecule has 1 aromatic carbocycles. The first-order valence-electron chi connectivity index (χ1n) is 8.30. The number of aliphatic hydroxyl groups excluding tert-OH is 1. The van der Waals surface area contributed by atoms with Gasteiger partial charge in [0, 0.05) is 12.5 Å². The first-order chi connectivity index (χ1) is 10.6. The van der Waals surface area contributed by atoms with Gasteiger partial charge >= 0.3 is 0 Å². The average Bonchev–Trinajstić information content (AvgIpc) is 2.49. The second-order valence-electron chi connectivity index (χ2n) is 6.20. The Hall–Kier alpha value is -1.55. The molecule has 0 aromatic heterocycles. The average molecular weight is 305 g/mol. The van der Waals surface area contributed by atoms with E-state index >= 15 is 0 Å². The van der Waals surface area contributed by atoms with Gasteiger partial charge in [-0.3, -0.25) is 4.79 Å². The highest BCUT2D eigenvalue weighted by atomic mass is 16.5. The molecule has 1 aliphatic rings. The number of carbonyl (C=O) groups is 1. The zero-order valence-corrected chi connectivity index (χ0v) is 13.4. The Kier molecular flexibility index (Phi) is 6.72. The van der Waals surface area contributed by atoms with Gasteiger partial charge in [0.1, 0.15) is 5.75 Å². The van der Waals surface area contributed by atoms with Crippen molar-refractivity contribution in [3.05, 3.63) is 29.8 Å². The van der Waals surface area contributed by atoms with Crippen LogP contribution in [0.4, 0.5) is 0 Å². The van der Waals surface area contributed by atoms with Crippen LogP contribution in [0.3, 0.4) is 0 Å². The predicted octanol–water partition coefficient (Wildman–Crippen LogP) is 2.96. The van der Waals surface area contributed by atoms with Crippen molar-refractivity contribution in [2.45, 2.75) is 64.0 Å². The number of rotatable bonds is 7. The molecule has 4 heteroatoms. The number of unbranched alkanes of at least 4 members (excludes halogenated alkanes) is 1. The van der Waals surface area contributed by atoms with Gasteiger partial charge < -0.3 is 15.2 Å². The Morgan fingerprint density at radius 1 is 1.27 bits per heavy atom. The minimum Gasteiger partial charge on any atom is -0.494 e. The minimum atomic E-state index is -0.174. The highest BCUT2D eigenvalue weighted by Gasteiger charge is 2.20. The first-order valence-corrected chi connectivity index (χ1v) is 8.30. The largest absolute Gasteiger partial charge is 0.494 e. The SMILES string of the molecule is Cc1cccc(OCCCCC(=O)NC2CCC(O)CC2)c1. The normalized spacial score (nSPS) is 21.4. The van der Waals surface area contributed by atoms with Crippen LogP contribution in [0.2, 0.25) is 0 Å². The number of hydrogen-bond acceptors (Lipinski definition) is 3. The molecule has 4 nitrogen and oxygen atoms in total. The number of aryl methyl sites for hydroxylation is 1. The van der Waals surface area contributed by atoms with E-state index in [0.29, 0.717) is 13.0 Å². The van der Waals surface area contributed by atoms with Crippen LogP contribution in [0.5, 0.6) is 5.75 Å². The van der Waals surface area contributed by atoms with E-state index in [1.165, 1.54) is 5.56 Å². The lowest BCUT2D eigenvalue weighted by Crippen LogP contribution is -2.38. The van der Waals surface area contributed by atoms with E-state index in [9.17, 15) is 9.90 Å². The van der Waals surface area contributed by atoms with Crippen molar-refractivity contribution < 1.29 is 14.6 Å². The highest BCUT2D eigenvalue weighted by molar-refractivity contribution is 5.76. The molecule has 0 spiro atoms. The highest BCUT2D eigenvalue weighted by Crippen LogP contribution is 2.18. The van der Waals surface area contributed by atoms with Crippen LogP contribution in [-0.2, 0) is 4.79 Å². The zero-order valence-electron chi connectivity index (χ0n) is 13.4. The summed E-state index contributed by atoms with van der Waals surface area (Å²) in [5.74, 6) is 1.02. The molecule has 0 saturated heterocycles. The fourth-order valence-electron chi connectivity index (χ4n) is 2.80. The Labute approximate surface area is 132 Å². The summed E-state index contributed by atoms with van der Waals surface area (Å²) in [5, 5.41) is 12.5. The maximum atomic E-state index is 11.9. The molecule has 1 aromatic rings. The van der Waals surface area contributed by atoms with Gasteiger partial charge in [0.2, 0.25) is 5.91 Å². The van der Waals surface area contributed by atoms with Crippen LogP contribution in [-0.4, -0.2) is 29.8 Å². The fourth-order valence-corrected chi connectivity index (χ4v) is 2.80. The molecule has 1 saturated carbocycles. The minimum absolute atomic E-state index is 0.122.